The van der Waals surface area contributed by atoms with Gasteiger partial charge in [0.15, 0.2) is 0 Å². The number of rotatable bonds is 5. The van der Waals surface area contributed by atoms with Gasteiger partial charge in [0.2, 0.25) is 5.15 Å². The van der Waals surface area contributed by atoms with Crippen LogP contribution in [0.15, 0.2) is 30.3 Å². The summed E-state index contributed by atoms with van der Waals surface area (Å²) in [6.45, 7) is 0.611. The Labute approximate surface area is 103 Å². The summed E-state index contributed by atoms with van der Waals surface area (Å²) in [6, 6.07) is 10.3. The molecule has 2 aromatic rings. The van der Waals surface area contributed by atoms with Gasteiger partial charge >= 0.3 is 0 Å². The van der Waals surface area contributed by atoms with Crippen molar-refractivity contribution in [2.24, 2.45) is 0 Å². The molecule has 0 aliphatic carbocycles. The van der Waals surface area contributed by atoms with Gasteiger partial charge in [-0.15, -0.1) is 4.37 Å². The van der Waals surface area contributed by atoms with Crippen LogP contribution in [0.25, 0.3) is 0 Å². The Morgan fingerprint density at radius 1 is 1.19 bits per heavy atom. The smallest absolute Gasteiger partial charge is 0.265 e. The largest absolute Gasteiger partial charge is 0.475 e. The lowest BCUT2D eigenvalue weighted by atomic mass is 10.1. The summed E-state index contributed by atoms with van der Waals surface area (Å²) < 4.78 is 13.2. The fourth-order valence-electron chi connectivity index (χ4n) is 1.35. The van der Waals surface area contributed by atoms with Crippen LogP contribution in [0.3, 0.4) is 0 Å². The van der Waals surface area contributed by atoms with E-state index in [0.29, 0.717) is 17.6 Å². The molecule has 84 valence electrons. The Kier molecular flexibility index (Phi) is 4.13. The molecular weight excluding hydrogens is 244 g/mol. The number of halogens is 1. The van der Waals surface area contributed by atoms with Gasteiger partial charge in [-0.2, -0.15) is 4.37 Å². The predicted octanol–water partition coefficient (Wildman–Crippen LogP) is 3.20. The van der Waals surface area contributed by atoms with Gasteiger partial charge in [-0.25, -0.2) is 0 Å². The molecular formula is C11H11ClN2OS. The van der Waals surface area contributed by atoms with Crippen LogP contribution >= 0.6 is 23.3 Å². The van der Waals surface area contributed by atoms with Crippen molar-refractivity contribution in [2.75, 3.05) is 6.61 Å². The van der Waals surface area contributed by atoms with Crippen molar-refractivity contribution in [1.29, 1.82) is 0 Å². The third-order valence-electron chi connectivity index (χ3n) is 2.11. The minimum atomic E-state index is 0.352. The first-order valence-electron chi connectivity index (χ1n) is 5.01. The number of nitrogens with zero attached hydrogens (tertiary/aromatic N) is 2. The fourth-order valence-corrected chi connectivity index (χ4v) is 1.99. The Hall–Kier alpha value is -1.13. The first-order chi connectivity index (χ1) is 7.86. The van der Waals surface area contributed by atoms with E-state index in [2.05, 4.69) is 20.9 Å². The monoisotopic (exact) mass is 254 g/mol. The molecule has 3 nitrogen and oxygen atoms in total. The summed E-state index contributed by atoms with van der Waals surface area (Å²) in [4.78, 5) is 0. The molecule has 0 radical (unpaired) electrons. The molecule has 5 heteroatoms. The van der Waals surface area contributed by atoms with E-state index in [-0.39, 0.29) is 0 Å². The third kappa shape index (κ3) is 3.18. The summed E-state index contributed by atoms with van der Waals surface area (Å²) in [6.07, 6.45) is 1.94. The van der Waals surface area contributed by atoms with Gasteiger partial charge in [-0.3, -0.25) is 0 Å². The fraction of sp³-hybridized carbons (Fsp3) is 0.273. The lowest BCUT2D eigenvalue weighted by Gasteiger charge is -2.02. The maximum absolute atomic E-state index is 5.75. The number of benzene rings is 1. The van der Waals surface area contributed by atoms with Gasteiger partial charge < -0.3 is 4.74 Å². The Bertz CT molecular complexity index is 433. The van der Waals surface area contributed by atoms with Gasteiger partial charge in [0, 0.05) is 0 Å². The van der Waals surface area contributed by atoms with Crippen molar-refractivity contribution in [2.45, 2.75) is 12.8 Å². The molecule has 0 amide bonds. The third-order valence-corrected chi connectivity index (χ3v) is 2.97. The molecule has 1 heterocycles. The molecule has 0 aliphatic heterocycles. The molecule has 0 bridgehead atoms. The highest BCUT2D eigenvalue weighted by atomic mass is 35.5. The van der Waals surface area contributed by atoms with E-state index in [1.54, 1.807) is 0 Å². The van der Waals surface area contributed by atoms with Crippen LogP contribution in [-0.4, -0.2) is 15.4 Å². The molecule has 1 aromatic carbocycles. The van der Waals surface area contributed by atoms with Gasteiger partial charge in [-0.05, 0) is 18.4 Å². The van der Waals surface area contributed by atoms with Gasteiger partial charge in [-0.1, -0.05) is 41.9 Å². The van der Waals surface area contributed by atoms with Gasteiger partial charge in [0.1, 0.15) is 0 Å². The maximum atomic E-state index is 5.75. The number of aromatic nitrogens is 2. The van der Waals surface area contributed by atoms with Crippen LogP contribution in [0, 0.1) is 0 Å². The van der Waals surface area contributed by atoms with Crippen molar-refractivity contribution in [3.8, 4) is 5.88 Å². The minimum Gasteiger partial charge on any atom is -0.475 e. The first kappa shape index (κ1) is 11.4. The van der Waals surface area contributed by atoms with Gasteiger partial charge in [0.05, 0.1) is 18.3 Å². The molecule has 0 unspecified atom stereocenters. The van der Waals surface area contributed by atoms with Crippen molar-refractivity contribution < 1.29 is 4.74 Å². The molecule has 0 fully saturated rings. The number of aryl methyl sites for hydroxylation is 1. The van der Waals surface area contributed by atoms with E-state index in [4.69, 9.17) is 16.3 Å². The van der Waals surface area contributed by atoms with E-state index < -0.39 is 0 Å². The highest BCUT2D eigenvalue weighted by Crippen LogP contribution is 2.20. The summed E-state index contributed by atoms with van der Waals surface area (Å²) in [5, 5.41) is 0.352. The standard InChI is InChI=1S/C11H11ClN2OS/c12-10-11(14-16-13-10)15-8-4-7-9-5-2-1-3-6-9/h1-3,5-6H,4,7-8H2. The average molecular weight is 255 g/mol. The molecule has 0 atom stereocenters. The molecule has 0 spiro atoms. The highest BCUT2D eigenvalue weighted by molar-refractivity contribution is 6.99. The lowest BCUT2D eigenvalue weighted by molar-refractivity contribution is 0.302. The molecule has 0 saturated heterocycles. The Morgan fingerprint density at radius 3 is 2.69 bits per heavy atom. The molecule has 0 N–H and O–H groups in total. The lowest BCUT2D eigenvalue weighted by Crippen LogP contribution is -1.99. The normalized spacial score (nSPS) is 10.3. The molecule has 1 aromatic heterocycles. The number of ether oxygens (including phenoxy) is 1. The van der Waals surface area contributed by atoms with Crippen LogP contribution in [0.4, 0.5) is 0 Å². The van der Waals surface area contributed by atoms with Crippen molar-refractivity contribution in [1.82, 2.24) is 8.75 Å². The topological polar surface area (TPSA) is 35.0 Å². The van der Waals surface area contributed by atoms with Crippen molar-refractivity contribution in [3.63, 3.8) is 0 Å². The van der Waals surface area contributed by atoms with Gasteiger partial charge in [0.25, 0.3) is 5.88 Å². The summed E-state index contributed by atoms with van der Waals surface area (Å²) in [5.41, 5.74) is 1.31. The van der Waals surface area contributed by atoms with Crippen molar-refractivity contribution in [3.05, 3.63) is 41.0 Å². The SMILES string of the molecule is Clc1nsnc1OCCCc1ccccc1. The van der Waals surface area contributed by atoms with E-state index in [0.717, 1.165) is 24.6 Å². The second kappa shape index (κ2) is 5.82. The Morgan fingerprint density at radius 2 is 2.00 bits per heavy atom. The zero-order valence-electron chi connectivity index (χ0n) is 8.60. The van der Waals surface area contributed by atoms with Crippen molar-refractivity contribution >= 4 is 23.3 Å². The second-order valence-electron chi connectivity index (χ2n) is 3.30. The summed E-state index contributed by atoms with van der Waals surface area (Å²) in [7, 11) is 0. The molecule has 16 heavy (non-hydrogen) atoms. The highest BCUT2D eigenvalue weighted by Gasteiger charge is 2.05. The van der Waals surface area contributed by atoms with E-state index in [1.807, 2.05) is 18.2 Å². The van der Waals surface area contributed by atoms with E-state index >= 15 is 0 Å². The number of hydrogen-bond acceptors (Lipinski definition) is 4. The maximum Gasteiger partial charge on any atom is 0.265 e. The number of hydrogen-bond donors (Lipinski definition) is 0. The predicted molar refractivity (Wildman–Crippen MR) is 65.2 cm³/mol. The quantitative estimate of drug-likeness (QED) is 0.769. The van der Waals surface area contributed by atoms with Crippen LogP contribution < -0.4 is 4.74 Å². The molecule has 2 rings (SSSR count). The van der Waals surface area contributed by atoms with E-state index in [1.165, 1.54) is 5.56 Å². The average Bonchev–Trinajstić information content (AvgIpc) is 2.72. The molecule has 0 aliphatic rings. The summed E-state index contributed by atoms with van der Waals surface area (Å²) in [5.74, 6) is 0.444. The summed E-state index contributed by atoms with van der Waals surface area (Å²) >= 11 is 6.81. The zero-order chi connectivity index (χ0) is 11.2. The van der Waals surface area contributed by atoms with Crippen LogP contribution in [0.5, 0.6) is 5.88 Å². The van der Waals surface area contributed by atoms with Crippen LogP contribution in [-0.2, 0) is 6.42 Å². The zero-order valence-corrected chi connectivity index (χ0v) is 10.2. The van der Waals surface area contributed by atoms with Crippen LogP contribution in [0.2, 0.25) is 5.15 Å². The second-order valence-corrected chi connectivity index (χ2v) is 4.18. The minimum absolute atomic E-state index is 0.352. The Balaban J connectivity index is 1.72. The first-order valence-corrected chi connectivity index (χ1v) is 6.12. The van der Waals surface area contributed by atoms with E-state index in [9.17, 15) is 0 Å². The molecule has 0 saturated carbocycles. The van der Waals surface area contributed by atoms with Crippen LogP contribution in [0.1, 0.15) is 12.0 Å².